The lowest BCUT2D eigenvalue weighted by molar-refractivity contribution is 0.315. The topological polar surface area (TPSA) is 9.23 Å². The van der Waals surface area contributed by atoms with E-state index in [1.54, 1.807) is 23.5 Å². The molecule has 1 heterocycles. The number of ether oxygens (including phenoxy) is 1. The molecule has 2 rings (SSSR count). The number of thiophene rings is 1. The van der Waals surface area contributed by atoms with Gasteiger partial charge in [0.2, 0.25) is 0 Å². The highest BCUT2D eigenvalue weighted by molar-refractivity contribution is 7.11. The summed E-state index contributed by atoms with van der Waals surface area (Å²) < 4.78 is 18.0. The van der Waals surface area contributed by atoms with Crippen LogP contribution in [0.5, 0.6) is 5.06 Å². The van der Waals surface area contributed by atoms with E-state index in [-0.39, 0.29) is 5.82 Å². The Morgan fingerprint density at radius 3 is 2.57 bits per heavy atom. The standard InChI is InChI=1S/C11H9FOS/c12-10-5-3-9(4-6-10)8-13-11-2-1-7-14-11/h1-7H,8H2. The quantitative estimate of drug-likeness (QED) is 0.750. The minimum atomic E-state index is -0.218. The van der Waals surface area contributed by atoms with Crippen molar-refractivity contribution < 1.29 is 9.13 Å². The van der Waals surface area contributed by atoms with Crippen molar-refractivity contribution in [3.63, 3.8) is 0 Å². The number of benzene rings is 1. The maximum atomic E-state index is 12.6. The van der Waals surface area contributed by atoms with Crippen LogP contribution in [-0.4, -0.2) is 0 Å². The molecule has 0 aliphatic carbocycles. The molecule has 0 radical (unpaired) electrons. The number of hydrogen-bond donors (Lipinski definition) is 0. The van der Waals surface area contributed by atoms with Crippen molar-refractivity contribution in [3.8, 4) is 5.06 Å². The Kier molecular flexibility index (Phi) is 2.79. The molecular weight excluding hydrogens is 199 g/mol. The molecule has 0 spiro atoms. The molecule has 1 aromatic heterocycles. The van der Waals surface area contributed by atoms with E-state index < -0.39 is 0 Å². The first-order chi connectivity index (χ1) is 6.84. The van der Waals surface area contributed by atoms with Crippen molar-refractivity contribution in [2.45, 2.75) is 6.61 Å². The summed E-state index contributed by atoms with van der Waals surface area (Å²) in [5, 5.41) is 2.84. The summed E-state index contributed by atoms with van der Waals surface area (Å²) in [6, 6.07) is 10.2. The van der Waals surface area contributed by atoms with E-state index in [1.807, 2.05) is 17.5 Å². The van der Waals surface area contributed by atoms with Gasteiger partial charge in [-0.05, 0) is 35.2 Å². The average Bonchev–Trinajstić information content (AvgIpc) is 2.70. The molecule has 0 unspecified atom stereocenters. The molecule has 3 heteroatoms. The Labute approximate surface area is 85.8 Å². The fraction of sp³-hybridized carbons (Fsp3) is 0.0909. The van der Waals surface area contributed by atoms with E-state index in [0.717, 1.165) is 10.6 Å². The van der Waals surface area contributed by atoms with Crippen LogP contribution < -0.4 is 4.74 Å². The second kappa shape index (κ2) is 4.24. The van der Waals surface area contributed by atoms with Crippen molar-refractivity contribution in [2.24, 2.45) is 0 Å². The minimum absolute atomic E-state index is 0.218. The first kappa shape index (κ1) is 9.21. The molecule has 14 heavy (non-hydrogen) atoms. The van der Waals surface area contributed by atoms with Crippen LogP contribution in [0.3, 0.4) is 0 Å². The van der Waals surface area contributed by atoms with Gasteiger partial charge in [0.15, 0.2) is 5.06 Å². The Morgan fingerprint density at radius 1 is 1.14 bits per heavy atom. The van der Waals surface area contributed by atoms with E-state index in [4.69, 9.17) is 4.74 Å². The van der Waals surface area contributed by atoms with Gasteiger partial charge in [0.05, 0.1) is 0 Å². The number of rotatable bonds is 3. The lowest BCUT2D eigenvalue weighted by Gasteiger charge is -2.02. The predicted molar refractivity (Wildman–Crippen MR) is 55.1 cm³/mol. The molecule has 0 saturated carbocycles. The largest absolute Gasteiger partial charge is 0.479 e. The third kappa shape index (κ3) is 2.33. The molecule has 1 aromatic carbocycles. The van der Waals surface area contributed by atoms with Gasteiger partial charge in [0.25, 0.3) is 0 Å². The van der Waals surface area contributed by atoms with Gasteiger partial charge in [-0.1, -0.05) is 12.1 Å². The second-order valence-electron chi connectivity index (χ2n) is 2.85. The van der Waals surface area contributed by atoms with Crippen molar-refractivity contribution >= 4 is 11.3 Å². The zero-order chi connectivity index (χ0) is 9.80. The van der Waals surface area contributed by atoms with Gasteiger partial charge in [0, 0.05) is 0 Å². The SMILES string of the molecule is Fc1ccc(COc2cccs2)cc1. The molecule has 0 amide bonds. The summed E-state index contributed by atoms with van der Waals surface area (Å²) in [6.45, 7) is 0.487. The maximum Gasteiger partial charge on any atom is 0.174 e. The molecule has 0 aliphatic rings. The van der Waals surface area contributed by atoms with Gasteiger partial charge < -0.3 is 4.74 Å². The molecule has 72 valence electrons. The van der Waals surface area contributed by atoms with Crippen molar-refractivity contribution in [1.29, 1.82) is 0 Å². The third-order valence-corrected chi connectivity index (χ3v) is 2.57. The molecular formula is C11H9FOS. The highest BCUT2D eigenvalue weighted by Gasteiger charge is 1.96. The molecule has 1 nitrogen and oxygen atoms in total. The van der Waals surface area contributed by atoms with Gasteiger partial charge in [-0.25, -0.2) is 4.39 Å². The van der Waals surface area contributed by atoms with Crippen LogP contribution in [0, 0.1) is 5.82 Å². The summed E-state index contributed by atoms with van der Waals surface area (Å²) >= 11 is 1.55. The van der Waals surface area contributed by atoms with Crippen LogP contribution in [-0.2, 0) is 6.61 Å². The number of hydrogen-bond acceptors (Lipinski definition) is 2. The van der Waals surface area contributed by atoms with Crippen LogP contribution in [0.15, 0.2) is 41.8 Å². The van der Waals surface area contributed by atoms with Gasteiger partial charge in [-0.15, -0.1) is 11.3 Å². The molecule has 0 aliphatic heterocycles. The van der Waals surface area contributed by atoms with Crippen LogP contribution >= 0.6 is 11.3 Å². The number of halogens is 1. The highest BCUT2D eigenvalue weighted by atomic mass is 32.1. The summed E-state index contributed by atoms with van der Waals surface area (Å²) in [5.41, 5.74) is 0.972. The molecule has 0 atom stereocenters. The predicted octanol–water partition coefficient (Wildman–Crippen LogP) is 3.47. The molecule has 0 bridgehead atoms. The fourth-order valence-corrected chi connectivity index (χ4v) is 1.66. The molecule has 0 N–H and O–H groups in total. The third-order valence-electron chi connectivity index (χ3n) is 1.79. The summed E-state index contributed by atoms with van der Waals surface area (Å²) in [6.07, 6.45) is 0. The Balaban J connectivity index is 1.95. The van der Waals surface area contributed by atoms with E-state index in [9.17, 15) is 4.39 Å². The van der Waals surface area contributed by atoms with Crippen molar-refractivity contribution in [1.82, 2.24) is 0 Å². The van der Waals surface area contributed by atoms with Crippen LogP contribution in [0.4, 0.5) is 4.39 Å². The Bertz CT molecular complexity index is 380. The van der Waals surface area contributed by atoms with Gasteiger partial charge in [0.1, 0.15) is 12.4 Å². The molecule has 2 aromatic rings. The van der Waals surface area contributed by atoms with E-state index in [1.165, 1.54) is 12.1 Å². The summed E-state index contributed by atoms with van der Waals surface area (Å²) in [7, 11) is 0. The van der Waals surface area contributed by atoms with Gasteiger partial charge >= 0.3 is 0 Å². The van der Waals surface area contributed by atoms with Crippen LogP contribution in [0.1, 0.15) is 5.56 Å². The second-order valence-corrected chi connectivity index (χ2v) is 3.76. The smallest absolute Gasteiger partial charge is 0.174 e. The van der Waals surface area contributed by atoms with Crippen LogP contribution in [0.2, 0.25) is 0 Å². The minimum Gasteiger partial charge on any atom is -0.479 e. The van der Waals surface area contributed by atoms with E-state index in [0.29, 0.717) is 6.61 Å². The first-order valence-electron chi connectivity index (χ1n) is 4.25. The van der Waals surface area contributed by atoms with Gasteiger partial charge in [-0.3, -0.25) is 0 Å². The molecule has 0 fully saturated rings. The zero-order valence-corrected chi connectivity index (χ0v) is 8.26. The molecule has 0 saturated heterocycles. The van der Waals surface area contributed by atoms with E-state index >= 15 is 0 Å². The normalized spacial score (nSPS) is 10.1. The lowest BCUT2D eigenvalue weighted by Crippen LogP contribution is -1.93. The maximum absolute atomic E-state index is 12.6. The lowest BCUT2D eigenvalue weighted by atomic mass is 10.2. The summed E-state index contributed by atoms with van der Waals surface area (Å²) in [4.78, 5) is 0. The van der Waals surface area contributed by atoms with Crippen molar-refractivity contribution in [3.05, 3.63) is 53.2 Å². The van der Waals surface area contributed by atoms with Crippen molar-refractivity contribution in [2.75, 3.05) is 0 Å². The van der Waals surface area contributed by atoms with Crippen LogP contribution in [0.25, 0.3) is 0 Å². The van der Waals surface area contributed by atoms with Gasteiger partial charge in [-0.2, -0.15) is 0 Å². The first-order valence-corrected chi connectivity index (χ1v) is 5.13. The zero-order valence-electron chi connectivity index (χ0n) is 7.44. The highest BCUT2D eigenvalue weighted by Crippen LogP contribution is 2.19. The van der Waals surface area contributed by atoms with E-state index in [2.05, 4.69) is 0 Å². The Hall–Kier alpha value is -1.35. The average molecular weight is 208 g/mol. The monoisotopic (exact) mass is 208 g/mol. The Morgan fingerprint density at radius 2 is 1.93 bits per heavy atom. The summed E-state index contributed by atoms with van der Waals surface area (Å²) in [5.74, 6) is -0.218. The fourth-order valence-electron chi connectivity index (χ4n) is 1.08.